The molecule has 1 amide bonds. The van der Waals surface area contributed by atoms with E-state index >= 15 is 0 Å². The van der Waals surface area contributed by atoms with Gasteiger partial charge in [-0.3, -0.25) is 4.79 Å². The first-order valence-corrected chi connectivity index (χ1v) is 7.61. The molecule has 18 heavy (non-hydrogen) atoms. The molecule has 0 aliphatic carbocycles. The third kappa shape index (κ3) is 3.77. The smallest absolute Gasteiger partial charge is 0.232 e. The van der Waals surface area contributed by atoms with Crippen LogP contribution < -0.4 is 0 Å². The van der Waals surface area contributed by atoms with Crippen LogP contribution >= 0.6 is 11.8 Å². The lowest BCUT2D eigenvalue weighted by Crippen LogP contribution is -2.40. The van der Waals surface area contributed by atoms with Crippen molar-refractivity contribution in [2.75, 3.05) is 18.8 Å². The molecule has 2 nitrogen and oxygen atoms in total. The number of benzene rings is 1. The minimum absolute atomic E-state index is 0.284. The topological polar surface area (TPSA) is 20.3 Å². The quantitative estimate of drug-likeness (QED) is 0.780. The van der Waals surface area contributed by atoms with Crippen molar-refractivity contribution < 1.29 is 4.79 Å². The van der Waals surface area contributed by atoms with Crippen LogP contribution in [0.15, 0.2) is 29.2 Å². The number of thioether (sulfide) groups is 1. The van der Waals surface area contributed by atoms with E-state index in [9.17, 15) is 4.79 Å². The second kappa shape index (κ2) is 6.28. The van der Waals surface area contributed by atoms with Gasteiger partial charge in [-0.15, -0.1) is 11.8 Å². The maximum Gasteiger partial charge on any atom is 0.232 e. The number of carbonyl (C=O) groups excluding carboxylic acids is 1. The number of rotatable bonds is 3. The summed E-state index contributed by atoms with van der Waals surface area (Å²) in [6.07, 6.45) is 2.41. The van der Waals surface area contributed by atoms with E-state index in [2.05, 4.69) is 38.1 Å². The van der Waals surface area contributed by atoms with Gasteiger partial charge >= 0.3 is 0 Å². The fourth-order valence-electron chi connectivity index (χ4n) is 2.29. The van der Waals surface area contributed by atoms with E-state index < -0.39 is 0 Å². The lowest BCUT2D eigenvalue weighted by molar-refractivity contribution is -0.130. The number of piperidine rings is 1. The maximum atomic E-state index is 12.1. The predicted octanol–water partition coefficient (Wildman–Crippen LogP) is 3.35. The summed E-state index contributed by atoms with van der Waals surface area (Å²) < 4.78 is 0. The Morgan fingerprint density at radius 2 is 2.11 bits per heavy atom. The molecule has 1 fully saturated rings. The first-order chi connectivity index (χ1) is 8.65. The van der Waals surface area contributed by atoms with Crippen molar-refractivity contribution in [2.45, 2.75) is 31.6 Å². The highest BCUT2D eigenvalue weighted by atomic mass is 32.2. The summed E-state index contributed by atoms with van der Waals surface area (Å²) in [5.74, 6) is 1.51. The van der Waals surface area contributed by atoms with Gasteiger partial charge in [-0.05, 0) is 37.8 Å². The van der Waals surface area contributed by atoms with Crippen molar-refractivity contribution in [1.29, 1.82) is 0 Å². The molecular formula is C15H21NOS. The van der Waals surface area contributed by atoms with Crippen molar-refractivity contribution in [2.24, 2.45) is 5.92 Å². The van der Waals surface area contributed by atoms with E-state index in [0.29, 0.717) is 11.7 Å². The van der Waals surface area contributed by atoms with E-state index in [4.69, 9.17) is 0 Å². The molecule has 0 spiro atoms. The molecule has 0 aromatic heterocycles. The van der Waals surface area contributed by atoms with E-state index in [1.807, 2.05) is 4.90 Å². The van der Waals surface area contributed by atoms with Gasteiger partial charge in [0.1, 0.15) is 0 Å². The van der Waals surface area contributed by atoms with E-state index in [0.717, 1.165) is 19.5 Å². The minimum Gasteiger partial charge on any atom is -0.342 e. The van der Waals surface area contributed by atoms with Gasteiger partial charge in [0.2, 0.25) is 5.91 Å². The van der Waals surface area contributed by atoms with Crippen molar-refractivity contribution in [3.8, 4) is 0 Å². The third-order valence-corrected chi connectivity index (χ3v) is 4.39. The number of carbonyl (C=O) groups is 1. The molecule has 0 saturated carbocycles. The molecule has 1 unspecified atom stereocenters. The van der Waals surface area contributed by atoms with Crippen molar-refractivity contribution in [3.05, 3.63) is 29.8 Å². The molecule has 2 rings (SSSR count). The van der Waals surface area contributed by atoms with Gasteiger partial charge in [0.15, 0.2) is 0 Å². The molecular weight excluding hydrogens is 242 g/mol. The Morgan fingerprint density at radius 3 is 2.78 bits per heavy atom. The number of amides is 1. The standard InChI is InChI=1S/C15H21NOS/c1-12-5-7-14(8-6-12)18-11-15(17)16-9-3-4-13(2)10-16/h5-8,13H,3-4,9-11H2,1-2H3. The van der Waals surface area contributed by atoms with Gasteiger partial charge in [-0.25, -0.2) is 0 Å². The van der Waals surface area contributed by atoms with Crippen molar-refractivity contribution in [3.63, 3.8) is 0 Å². The highest BCUT2D eigenvalue weighted by Gasteiger charge is 2.20. The Kier molecular flexibility index (Phi) is 4.70. The number of hydrogen-bond donors (Lipinski definition) is 0. The molecule has 1 heterocycles. The fourth-order valence-corrected chi connectivity index (χ4v) is 3.09. The largest absolute Gasteiger partial charge is 0.342 e. The fraction of sp³-hybridized carbons (Fsp3) is 0.533. The average Bonchev–Trinajstić information content (AvgIpc) is 2.38. The molecule has 1 aromatic carbocycles. The number of likely N-dealkylation sites (tertiary alicyclic amines) is 1. The molecule has 1 aromatic rings. The summed E-state index contributed by atoms with van der Waals surface area (Å²) in [6.45, 7) is 6.19. The van der Waals surface area contributed by atoms with Crippen LogP contribution in [0, 0.1) is 12.8 Å². The van der Waals surface area contributed by atoms with Crippen LogP contribution in [0.25, 0.3) is 0 Å². The summed E-state index contributed by atoms with van der Waals surface area (Å²) in [7, 11) is 0. The van der Waals surface area contributed by atoms with E-state index in [1.54, 1.807) is 11.8 Å². The molecule has 0 bridgehead atoms. The zero-order valence-corrected chi connectivity index (χ0v) is 12.0. The number of hydrogen-bond acceptors (Lipinski definition) is 2. The number of aryl methyl sites for hydroxylation is 1. The van der Waals surface area contributed by atoms with Crippen LogP contribution in [-0.4, -0.2) is 29.6 Å². The van der Waals surface area contributed by atoms with Crippen LogP contribution in [0.4, 0.5) is 0 Å². The molecule has 1 aliphatic rings. The van der Waals surface area contributed by atoms with Crippen LogP contribution in [0.3, 0.4) is 0 Å². The highest BCUT2D eigenvalue weighted by Crippen LogP contribution is 2.21. The average molecular weight is 263 g/mol. The summed E-state index contributed by atoms with van der Waals surface area (Å²) in [5, 5.41) is 0. The molecule has 1 saturated heterocycles. The molecule has 1 aliphatic heterocycles. The Labute approximate surface area is 114 Å². The van der Waals surface area contributed by atoms with Crippen LogP contribution in [-0.2, 0) is 4.79 Å². The maximum absolute atomic E-state index is 12.1. The normalized spacial score (nSPS) is 19.9. The van der Waals surface area contributed by atoms with Gasteiger partial charge in [-0.2, -0.15) is 0 Å². The SMILES string of the molecule is Cc1ccc(SCC(=O)N2CCCC(C)C2)cc1. The molecule has 0 radical (unpaired) electrons. The first-order valence-electron chi connectivity index (χ1n) is 6.62. The second-order valence-corrected chi connectivity index (χ2v) is 6.24. The van der Waals surface area contributed by atoms with Gasteiger partial charge in [0, 0.05) is 18.0 Å². The Hall–Kier alpha value is -0.960. The summed E-state index contributed by atoms with van der Waals surface area (Å²) >= 11 is 1.64. The lowest BCUT2D eigenvalue weighted by atomic mass is 10.0. The van der Waals surface area contributed by atoms with Crippen molar-refractivity contribution >= 4 is 17.7 Å². The third-order valence-electron chi connectivity index (χ3n) is 3.39. The molecule has 1 atom stereocenters. The predicted molar refractivity (Wildman–Crippen MR) is 76.9 cm³/mol. The monoisotopic (exact) mass is 263 g/mol. The van der Waals surface area contributed by atoms with Gasteiger partial charge in [0.25, 0.3) is 0 Å². The lowest BCUT2D eigenvalue weighted by Gasteiger charge is -2.30. The van der Waals surface area contributed by atoms with E-state index in [-0.39, 0.29) is 5.91 Å². The first kappa shape index (κ1) is 13.5. The van der Waals surface area contributed by atoms with Gasteiger partial charge < -0.3 is 4.90 Å². The van der Waals surface area contributed by atoms with E-state index in [1.165, 1.54) is 16.9 Å². The van der Waals surface area contributed by atoms with Crippen LogP contribution in [0.2, 0.25) is 0 Å². The number of nitrogens with zero attached hydrogens (tertiary/aromatic N) is 1. The van der Waals surface area contributed by atoms with Gasteiger partial charge in [0.05, 0.1) is 5.75 Å². The second-order valence-electron chi connectivity index (χ2n) is 5.19. The van der Waals surface area contributed by atoms with Crippen LogP contribution in [0.5, 0.6) is 0 Å². The molecule has 98 valence electrons. The molecule has 3 heteroatoms. The van der Waals surface area contributed by atoms with Crippen molar-refractivity contribution in [1.82, 2.24) is 4.90 Å². The highest BCUT2D eigenvalue weighted by molar-refractivity contribution is 8.00. The molecule has 0 N–H and O–H groups in total. The van der Waals surface area contributed by atoms with Crippen LogP contribution in [0.1, 0.15) is 25.3 Å². The zero-order chi connectivity index (χ0) is 13.0. The Morgan fingerprint density at radius 1 is 1.39 bits per heavy atom. The zero-order valence-electron chi connectivity index (χ0n) is 11.2. The Bertz CT molecular complexity index is 401. The van der Waals surface area contributed by atoms with Gasteiger partial charge in [-0.1, -0.05) is 24.6 Å². The summed E-state index contributed by atoms with van der Waals surface area (Å²) in [5.41, 5.74) is 1.26. The minimum atomic E-state index is 0.284. The Balaban J connectivity index is 1.82. The summed E-state index contributed by atoms with van der Waals surface area (Å²) in [6, 6.07) is 8.36. The summed E-state index contributed by atoms with van der Waals surface area (Å²) in [4.78, 5) is 15.3.